The van der Waals surface area contributed by atoms with Crippen molar-refractivity contribution in [2.45, 2.75) is 20.0 Å². The van der Waals surface area contributed by atoms with Gasteiger partial charge in [-0.05, 0) is 99.8 Å². The first-order chi connectivity index (χ1) is 14.0. The summed E-state index contributed by atoms with van der Waals surface area (Å²) in [7, 11) is 0. The predicted octanol–water partition coefficient (Wildman–Crippen LogP) is 7.94. The number of halogens is 2. The Balaban J connectivity index is 1.83. The lowest BCUT2D eigenvalue weighted by Gasteiger charge is -2.14. The Kier molecular flexibility index (Phi) is 7.78. The second kappa shape index (κ2) is 10.5. The molecule has 0 aliphatic carbocycles. The largest absolute Gasteiger partial charge is 0.491 e. The van der Waals surface area contributed by atoms with Crippen molar-refractivity contribution in [1.82, 2.24) is 0 Å². The van der Waals surface area contributed by atoms with Crippen LogP contribution in [0.5, 0.6) is 23.0 Å². The Morgan fingerprint density at radius 2 is 1.52 bits per heavy atom. The van der Waals surface area contributed by atoms with E-state index in [1.165, 1.54) is 0 Å². The minimum Gasteiger partial charge on any atom is -0.491 e. The Morgan fingerprint density at radius 3 is 2.17 bits per heavy atom. The molecule has 0 N–H and O–H groups in total. The van der Waals surface area contributed by atoms with E-state index in [2.05, 4.69) is 44.0 Å². The maximum absolute atomic E-state index is 6.06. The number of hydrogen-bond donors (Lipinski definition) is 0. The fourth-order valence-corrected chi connectivity index (χ4v) is 3.00. The minimum atomic E-state index is 0.141. The zero-order valence-corrected chi connectivity index (χ0v) is 19.4. The van der Waals surface area contributed by atoms with Crippen molar-refractivity contribution in [2.24, 2.45) is 0 Å². The molecule has 3 rings (SSSR count). The molecule has 0 aliphatic heterocycles. The van der Waals surface area contributed by atoms with Crippen molar-refractivity contribution < 1.29 is 14.2 Å². The van der Waals surface area contributed by atoms with Crippen LogP contribution in [-0.4, -0.2) is 12.7 Å². The molecule has 0 atom stereocenters. The third-order valence-electron chi connectivity index (χ3n) is 3.94. The molecule has 3 aromatic carbocycles. The quantitative estimate of drug-likeness (QED) is 0.303. The highest BCUT2D eigenvalue weighted by atomic mass is 79.9. The Morgan fingerprint density at radius 1 is 0.862 bits per heavy atom. The second-order valence-corrected chi connectivity index (χ2v) is 9.34. The van der Waals surface area contributed by atoms with Crippen LogP contribution >= 0.6 is 31.9 Å². The second-order valence-electron chi connectivity index (χ2n) is 6.57. The zero-order valence-electron chi connectivity index (χ0n) is 16.3. The van der Waals surface area contributed by atoms with Crippen LogP contribution in [-0.2, 0) is 0 Å². The van der Waals surface area contributed by atoms with E-state index in [0.717, 1.165) is 37.5 Å². The van der Waals surface area contributed by atoms with Gasteiger partial charge in [-0.3, -0.25) is 0 Å². The first-order valence-corrected chi connectivity index (χ1v) is 10.9. The summed E-state index contributed by atoms with van der Waals surface area (Å²) in [5.41, 5.74) is 2.04. The van der Waals surface area contributed by atoms with Gasteiger partial charge in [-0.15, -0.1) is 0 Å². The van der Waals surface area contributed by atoms with E-state index < -0.39 is 0 Å². The van der Waals surface area contributed by atoms with Crippen LogP contribution in [0.2, 0.25) is 0 Å². The van der Waals surface area contributed by atoms with Crippen LogP contribution in [0.25, 0.3) is 11.1 Å². The highest BCUT2D eigenvalue weighted by Gasteiger charge is 2.09. The van der Waals surface area contributed by atoms with Gasteiger partial charge in [0.2, 0.25) is 0 Å². The number of rotatable bonds is 8. The molecule has 0 saturated carbocycles. The molecule has 0 radical (unpaired) electrons. The van der Waals surface area contributed by atoms with Gasteiger partial charge in [0.25, 0.3) is 0 Å². The molecule has 0 amide bonds. The standard InChI is InChI=1S/C24H22Br2O3/c1-17(2)28-19-8-10-20(11-9-19)29-21-12-13-23(27-15-14-24(25)26)22(16-21)18-6-4-3-5-7-18/h3-14,16-17H,15H2,1-2H3. The lowest BCUT2D eigenvalue weighted by Crippen LogP contribution is -2.05. The molecule has 150 valence electrons. The molecule has 0 spiro atoms. The van der Waals surface area contributed by atoms with Crippen molar-refractivity contribution in [3.05, 3.63) is 82.3 Å². The van der Waals surface area contributed by atoms with Crippen LogP contribution < -0.4 is 14.2 Å². The van der Waals surface area contributed by atoms with Crippen molar-refractivity contribution >= 4 is 31.9 Å². The first kappa shape index (κ1) is 21.5. The van der Waals surface area contributed by atoms with E-state index in [1.807, 2.05) is 80.6 Å². The average Bonchev–Trinajstić information content (AvgIpc) is 2.70. The third-order valence-corrected chi connectivity index (χ3v) is 4.59. The summed E-state index contributed by atoms with van der Waals surface area (Å²) in [6.45, 7) is 4.46. The van der Waals surface area contributed by atoms with Gasteiger partial charge in [0, 0.05) is 5.56 Å². The molecule has 3 aromatic rings. The lowest BCUT2D eigenvalue weighted by molar-refractivity contribution is 0.242. The molecule has 29 heavy (non-hydrogen) atoms. The van der Waals surface area contributed by atoms with Gasteiger partial charge in [-0.25, -0.2) is 0 Å². The van der Waals surface area contributed by atoms with Gasteiger partial charge >= 0.3 is 0 Å². The Bertz CT molecular complexity index is 948. The molecule has 0 heterocycles. The topological polar surface area (TPSA) is 27.7 Å². The van der Waals surface area contributed by atoms with E-state index in [9.17, 15) is 0 Å². The van der Waals surface area contributed by atoms with Gasteiger partial charge < -0.3 is 14.2 Å². The van der Waals surface area contributed by atoms with Crippen molar-refractivity contribution in [3.63, 3.8) is 0 Å². The zero-order chi connectivity index (χ0) is 20.6. The summed E-state index contributed by atoms with van der Waals surface area (Å²) in [6.07, 6.45) is 2.04. The van der Waals surface area contributed by atoms with E-state index in [4.69, 9.17) is 14.2 Å². The molecule has 0 unspecified atom stereocenters. The molecule has 0 saturated heterocycles. The van der Waals surface area contributed by atoms with Gasteiger partial charge in [0.1, 0.15) is 29.6 Å². The highest BCUT2D eigenvalue weighted by molar-refractivity contribution is 9.28. The van der Waals surface area contributed by atoms with Crippen LogP contribution in [0, 0.1) is 0 Å². The maximum Gasteiger partial charge on any atom is 0.128 e. The molecule has 0 fully saturated rings. The van der Waals surface area contributed by atoms with Crippen molar-refractivity contribution in [2.75, 3.05) is 6.61 Å². The summed E-state index contributed by atoms with van der Waals surface area (Å²) in [5.74, 6) is 3.11. The predicted molar refractivity (Wildman–Crippen MR) is 126 cm³/mol. The maximum atomic E-state index is 6.06. The monoisotopic (exact) mass is 516 g/mol. The highest BCUT2D eigenvalue weighted by Crippen LogP contribution is 2.35. The van der Waals surface area contributed by atoms with Crippen molar-refractivity contribution in [3.8, 4) is 34.1 Å². The summed E-state index contributed by atoms with van der Waals surface area (Å²) in [5, 5.41) is 0. The van der Waals surface area contributed by atoms with Crippen LogP contribution in [0.1, 0.15) is 13.8 Å². The number of benzene rings is 3. The fourth-order valence-electron chi connectivity index (χ4n) is 2.73. The van der Waals surface area contributed by atoms with Crippen LogP contribution in [0.15, 0.2) is 82.3 Å². The fraction of sp³-hybridized carbons (Fsp3) is 0.167. The average molecular weight is 518 g/mol. The summed E-state index contributed by atoms with van der Waals surface area (Å²) in [6, 6.07) is 23.6. The summed E-state index contributed by atoms with van der Waals surface area (Å²) < 4.78 is 18.6. The van der Waals surface area contributed by atoms with Crippen molar-refractivity contribution in [1.29, 1.82) is 0 Å². The van der Waals surface area contributed by atoms with E-state index in [0.29, 0.717) is 6.61 Å². The van der Waals surface area contributed by atoms with Gasteiger partial charge in [-0.1, -0.05) is 30.3 Å². The smallest absolute Gasteiger partial charge is 0.128 e. The third kappa shape index (κ3) is 6.65. The molecule has 0 aliphatic rings. The number of hydrogen-bond acceptors (Lipinski definition) is 3. The van der Waals surface area contributed by atoms with E-state index in [-0.39, 0.29) is 6.10 Å². The van der Waals surface area contributed by atoms with Gasteiger partial charge in [0.05, 0.1) is 9.50 Å². The van der Waals surface area contributed by atoms with Crippen LogP contribution in [0.4, 0.5) is 0 Å². The molecular formula is C24H22Br2O3. The molecule has 5 heteroatoms. The number of ether oxygens (including phenoxy) is 3. The van der Waals surface area contributed by atoms with Gasteiger partial charge in [-0.2, -0.15) is 0 Å². The SMILES string of the molecule is CC(C)Oc1ccc(Oc2ccc(OCC=C(Br)Br)c(-c3ccccc3)c2)cc1. The Hall–Kier alpha value is -2.24. The first-order valence-electron chi connectivity index (χ1n) is 9.29. The normalized spacial score (nSPS) is 10.5. The van der Waals surface area contributed by atoms with Gasteiger partial charge in [0.15, 0.2) is 0 Å². The minimum absolute atomic E-state index is 0.141. The molecule has 0 bridgehead atoms. The van der Waals surface area contributed by atoms with Crippen LogP contribution in [0.3, 0.4) is 0 Å². The molecule has 3 nitrogen and oxygen atoms in total. The summed E-state index contributed by atoms with van der Waals surface area (Å²) >= 11 is 6.69. The van der Waals surface area contributed by atoms with E-state index in [1.54, 1.807) is 0 Å². The Labute approximate surface area is 188 Å². The molecular weight excluding hydrogens is 496 g/mol. The lowest BCUT2D eigenvalue weighted by atomic mass is 10.0. The summed E-state index contributed by atoms with van der Waals surface area (Å²) in [4.78, 5) is 0. The van der Waals surface area contributed by atoms with E-state index >= 15 is 0 Å². The molecule has 0 aromatic heterocycles.